The predicted octanol–water partition coefficient (Wildman–Crippen LogP) is 2.39. The summed E-state index contributed by atoms with van der Waals surface area (Å²) in [6.07, 6.45) is 0.542. The number of alkyl halides is 1. The number of aliphatic carboxylic acids is 1. The number of carboxylic acids is 1. The summed E-state index contributed by atoms with van der Waals surface area (Å²) in [6.45, 7) is 1.85. The Morgan fingerprint density at radius 1 is 1.63 bits per heavy atom. The Bertz CT molecular complexity index is 528. The molecule has 0 unspecified atom stereocenters. The molecule has 2 atom stereocenters. The molecule has 3 N–H and O–H groups in total. The van der Waals surface area contributed by atoms with Crippen molar-refractivity contribution >= 4 is 45.8 Å². The van der Waals surface area contributed by atoms with E-state index in [1.54, 1.807) is 28.7 Å². The lowest BCUT2D eigenvalue weighted by Gasteiger charge is -2.20. The molecule has 0 aromatic heterocycles. The SMILES string of the molecule is CCc1c(N[C@@H](C(=O)O)[C@@H](O)I)ccc(C#N)c1Cl. The molecule has 0 aliphatic carbocycles. The van der Waals surface area contributed by atoms with Crippen molar-refractivity contribution in [1.82, 2.24) is 0 Å². The van der Waals surface area contributed by atoms with Gasteiger partial charge in [-0.2, -0.15) is 5.26 Å². The number of hydrogen-bond donors (Lipinski definition) is 3. The predicted molar refractivity (Wildman–Crippen MR) is 80.6 cm³/mol. The number of hydrogen-bond acceptors (Lipinski definition) is 4. The largest absolute Gasteiger partial charge is 0.480 e. The van der Waals surface area contributed by atoms with E-state index in [0.29, 0.717) is 28.3 Å². The number of anilines is 1. The van der Waals surface area contributed by atoms with E-state index in [4.69, 9.17) is 22.0 Å². The number of nitriles is 1. The van der Waals surface area contributed by atoms with Crippen LogP contribution in [0.3, 0.4) is 0 Å². The van der Waals surface area contributed by atoms with Crippen LogP contribution in [0.4, 0.5) is 5.69 Å². The van der Waals surface area contributed by atoms with Gasteiger partial charge in [-0.25, -0.2) is 4.79 Å². The highest BCUT2D eigenvalue weighted by Crippen LogP contribution is 2.29. The number of nitrogens with zero attached hydrogens (tertiary/aromatic N) is 1. The van der Waals surface area contributed by atoms with Crippen molar-refractivity contribution in [3.63, 3.8) is 0 Å². The maximum atomic E-state index is 11.0. The van der Waals surface area contributed by atoms with E-state index in [1.165, 1.54) is 6.07 Å². The molecule has 1 aromatic carbocycles. The van der Waals surface area contributed by atoms with Crippen LogP contribution in [0.5, 0.6) is 0 Å². The second-order valence-corrected chi connectivity index (χ2v) is 5.41. The molecule has 102 valence electrons. The Morgan fingerprint density at radius 2 is 2.26 bits per heavy atom. The average molecular weight is 395 g/mol. The Hall–Kier alpha value is -1.04. The molecule has 0 amide bonds. The van der Waals surface area contributed by atoms with Crippen LogP contribution >= 0.6 is 34.2 Å². The molecule has 0 bridgehead atoms. The van der Waals surface area contributed by atoms with Gasteiger partial charge in [0.15, 0.2) is 6.04 Å². The van der Waals surface area contributed by atoms with E-state index in [-0.39, 0.29) is 0 Å². The quantitative estimate of drug-likeness (QED) is 0.527. The number of aliphatic hydroxyl groups excluding tert-OH is 1. The van der Waals surface area contributed by atoms with Gasteiger partial charge in [-0.05, 0) is 46.7 Å². The van der Waals surface area contributed by atoms with Crippen LogP contribution in [0.25, 0.3) is 0 Å². The topological polar surface area (TPSA) is 93.3 Å². The first kappa shape index (κ1) is 16.0. The van der Waals surface area contributed by atoms with Crippen molar-refractivity contribution in [2.24, 2.45) is 0 Å². The van der Waals surface area contributed by atoms with E-state index in [0.717, 1.165) is 0 Å². The molecule has 0 saturated heterocycles. The smallest absolute Gasteiger partial charge is 0.329 e. The van der Waals surface area contributed by atoms with Crippen LogP contribution in [0, 0.1) is 11.3 Å². The molecule has 5 nitrogen and oxygen atoms in total. The molecule has 0 aliphatic heterocycles. The first-order chi connectivity index (χ1) is 8.92. The molecule has 0 aliphatic rings. The molecular weight excluding hydrogens is 383 g/mol. The fraction of sp³-hybridized carbons (Fsp3) is 0.333. The third kappa shape index (κ3) is 3.72. The average Bonchev–Trinajstić information content (AvgIpc) is 2.35. The van der Waals surface area contributed by atoms with Gasteiger partial charge < -0.3 is 15.5 Å². The molecule has 0 radical (unpaired) electrons. The van der Waals surface area contributed by atoms with E-state index in [2.05, 4.69) is 5.32 Å². The molecule has 1 rings (SSSR count). The molecule has 0 heterocycles. The summed E-state index contributed by atoms with van der Waals surface area (Å²) < 4.78 is -1.09. The van der Waals surface area contributed by atoms with E-state index in [9.17, 15) is 9.90 Å². The maximum absolute atomic E-state index is 11.0. The third-order valence-corrected chi connectivity index (χ3v) is 3.72. The van der Waals surface area contributed by atoms with Crippen LogP contribution < -0.4 is 5.32 Å². The van der Waals surface area contributed by atoms with Crippen molar-refractivity contribution in [2.45, 2.75) is 23.5 Å². The normalized spacial score (nSPS) is 13.4. The lowest BCUT2D eigenvalue weighted by atomic mass is 10.1. The first-order valence-electron chi connectivity index (χ1n) is 5.45. The fourth-order valence-electron chi connectivity index (χ4n) is 1.60. The van der Waals surface area contributed by atoms with Gasteiger partial charge in [0.2, 0.25) is 0 Å². The highest BCUT2D eigenvalue weighted by molar-refractivity contribution is 14.1. The number of carboxylic acid groups (broad SMARTS) is 1. The van der Waals surface area contributed by atoms with Gasteiger partial charge in [0, 0.05) is 5.69 Å². The summed E-state index contributed by atoms with van der Waals surface area (Å²) in [5, 5.41) is 30.4. The second-order valence-electron chi connectivity index (χ2n) is 3.75. The highest BCUT2D eigenvalue weighted by atomic mass is 127. The lowest BCUT2D eigenvalue weighted by Crippen LogP contribution is -2.37. The summed E-state index contributed by atoms with van der Waals surface area (Å²) in [4.78, 5) is 11.0. The monoisotopic (exact) mass is 394 g/mol. The van der Waals surface area contributed by atoms with Crippen LogP contribution in [-0.4, -0.2) is 26.3 Å². The maximum Gasteiger partial charge on any atom is 0.329 e. The van der Waals surface area contributed by atoms with Gasteiger partial charge in [-0.15, -0.1) is 0 Å². The van der Waals surface area contributed by atoms with Gasteiger partial charge >= 0.3 is 5.97 Å². The zero-order valence-corrected chi connectivity index (χ0v) is 12.9. The van der Waals surface area contributed by atoms with Gasteiger partial charge in [0.05, 0.1) is 10.6 Å². The molecule has 7 heteroatoms. The van der Waals surface area contributed by atoms with Crippen molar-refractivity contribution < 1.29 is 15.0 Å². The minimum Gasteiger partial charge on any atom is -0.480 e. The van der Waals surface area contributed by atoms with Gasteiger partial charge in [-0.1, -0.05) is 18.5 Å². The third-order valence-electron chi connectivity index (χ3n) is 2.57. The van der Waals surface area contributed by atoms with E-state index < -0.39 is 16.1 Å². The van der Waals surface area contributed by atoms with Crippen LogP contribution in [0.2, 0.25) is 5.02 Å². The van der Waals surface area contributed by atoms with Gasteiger partial charge in [0.1, 0.15) is 10.2 Å². The van der Waals surface area contributed by atoms with Crippen molar-refractivity contribution in [1.29, 1.82) is 5.26 Å². The van der Waals surface area contributed by atoms with Crippen molar-refractivity contribution in [2.75, 3.05) is 5.32 Å². The summed E-state index contributed by atoms with van der Waals surface area (Å²) in [5.74, 6) is -1.16. The number of carbonyl (C=O) groups is 1. The number of halogens is 2. The lowest BCUT2D eigenvalue weighted by molar-refractivity contribution is -0.138. The van der Waals surface area contributed by atoms with Crippen molar-refractivity contribution in [3.05, 3.63) is 28.3 Å². The van der Waals surface area contributed by atoms with Crippen LogP contribution in [0.1, 0.15) is 18.1 Å². The van der Waals surface area contributed by atoms with Gasteiger partial charge in [0.25, 0.3) is 0 Å². The second kappa shape index (κ2) is 6.93. The molecule has 1 aromatic rings. The fourth-order valence-corrected chi connectivity index (χ4v) is 2.43. The number of aliphatic hydroxyl groups is 1. The summed E-state index contributed by atoms with van der Waals surface area (Å²) in [7, 11) is 0. The Kier molecular flexibility index (Phi) is 5.85. The minimum atomic E-state index is -1.16. The molecule has 0 saturated carbocycles. The number of rotatable bonds is 5. The summed E-state index contributed by atoms with van der Waals surface area (Å²) in [5.41, 5.74) is 1.50. The first-order valence-corrected chi connectivity index (χ1v) is 7.07. The Labute approximate surface area is 129 Å². The zero-order chi connectivity index (χ0) is 14.6. The van der Waals surface area contributed by atoms with Crippen molar-refractivity contribution in [3.8, 4) is 6.07 Å². The Balaban J connectivity index is 3.18. The molecule has 0 spiro atoms. The number of nitrogens with one attached hydrogen (secondary N) is 1. The molecule has 0 fully saturated rings. The summed E-state index contributed by atoms with van der Waals surface area (Å²) >= 11 is 7.70. The zero-order valence-electron chi connectivity index (χ0n) is 10.0. The van der Waals surface area contributed by atoms with Crippen LogP contribution in [0.15, 0.2) is 12.1 Å². The van der Waals surface area contributed by atoms with E-state index >= 15 is 0 Å². The Morgan fingerprint density at radius 3 is 2.68 bits per heavy atom. The standard InChI is InChI=1S/C12H12ClIN2O3/c1-2-7-8(4-3-6(5-15)9(7)13)16-10(11(14)17)12(18)19/h3-4,10-11,16-17H,2H2,1H3,(H,18,19)/t10-,11-/m1/s1. The highest BCUT2D eigenvalue weighted by Gasteiger charge is 2.25. The van der Waals surface area contributed by atoms with E-state index in [1.807, 2.05) is 13.0 Å². The molecular formula is C12H12ClIN2O3. The molecule has 19 heavy (non-hydrogen) atoms. The summed E-state index contributed by atoms with van der Waals surface area (Å²) in [6, 6.07) is 3.94. The number of benzene rings is 1. The van der Waals surface area contributed by atoms with Gasteiger partial charge in [-0.3, -0.25) is 0 Å². The van der Waals surface area contributed by atoms with Crippen LogP contribution in [-0.2, 0) is 11.2 Å². The minimum absolute atomic E-state index is 0.307.